The van der Waals surface area contributed by atoms with Crippen LogP contribution in [0.3, 0.4) is 0 Å². The number of nitrogens with zero attached hydrogens (tertiary/aromatic N) is 3. The molecule has 0 spiro atoms. The third kappa shape index (κ3) is 4.13. The molecule has 0 aliphatic carbocycles. The van der Waals surface area contributed by atoms with Gasteiger partial charge >= 0.3 is 0 Å². The van der Waals surface area contributed by atoms with Gasteiger partial charge in [-0.25, -0.2) is 9.97 Å². The molecular weight excluding hydrogens is 238 g/mol. The van der Waals surface area contributed by atoms with Gasteiger partial charge in [0.1, 0.15) is 17.6 Å². The van der Waals surface area contributed by atoms with E-state index in [1.165, 1.54) is 0 Å². The van der Waals surface area contributed by atoms with Crippen molar-refractivity contribution in [3.8, 4) is 0 Å². The van der Waals surface area contributed by atoms with Gasteiger partial charge in [0, 0.05) is 26.3 Å². The van der Waals surface area contributed by atoms with Gasteiger partial charge in [-0.1, -0.05) is 24.9 Å². The first-order valence-corrected chi connectivity index (χ1v) is 6.21. The average Bonchev–Trinajstić information content (AvgIpc) is 2.28. The molecule has 1 heterocycles. The lowest BCUT2D eigenvalue weighted by atomic mass is 10.2. The summed E-state index contributed by atoms with van der Waals surface area (Å²) in [6.07, 6.45) is 2.27. The van der Waals surface area contributed by atoms with Crippen molar-refractivity contribution in [2.45, 2.75) is 39.3 Å². The Morgan fingerprint density at radius 2 is 2.18 bits per heavy atom. The van der Waals surface area contributed by atoms with E-state index in [1.807, 2.05) is 7.05 Å². The molecule has 4 nitrogen and oxygen atoms in total. The van der Waals surface area contributed by atoms with Crippen molar-refractivity contribution in [2.75, 3.05) is 19.1 Å². The molecule has 17 heavy (non-hydrogen) atoms. The molecule has 1 aromatic heterocycles. The topological polar surface area (TPSA) is 38.2 Å². The second-order valence-corrected chi connectivity index (χ2v) is 4.53. The Bertz CT molecular complexity index is 360. The molecule has 96 valence electrons. The number of ether oxygens (including phenoxy) is 1. The maximum Gasteiger partial charge on any atom is 0.158 e. The zero-order valence-corrected chi connectivity index (χ0v) is 11.7. The minimum absolute atomic E-state index is 0.379. The monoisotopic (exact) mass is 257 g/mol. The molecule has 0 bridgehead atoms. The van der Waals surface area contributed by atoms with Gasteiger partial charge < -0.3 is 9.64 Å². The number of rotatable bonds is 6. The van der Waals surface area contributed by atoms with E-state index in [2.05, 4.69) is 28.7 Å². The van der Waals surface area contributed by atoms with Crippen molar-refractivity contribution < 1.29 is 4.74 Å². The van der Waals surface area contributed by atoms with Crippen molar-refractivity contribution in [2.24, 2.45) is 0 Å². The molecule has 1 unspecified atom stereocenters. The predicted molar refractivity (Wildman–Crippen MR) is 70.5 cm³/mol. The normalized spacial score (nSPS) is 12.5. The fourth-order valence-corrected chi connectivity index (χ4v) is 1.86. The Labute approximate surface area is 108 Å². The summed E-state index contributed by atoms with van der Waals surface area (Å²) in [5.41, 5.74) is 0. The molecule has 0 N–H and O–H groups in total. The largest absolute Gasteiger partial charge is 0.377 e. The molecule has 0 aliphatic heterocycles. The van der Waals surface area contributed by atoms with Crippen molar-refractivity contribution in [1.29, 1.82) is 0 Å². The first-order chi connectivity index (χ1) is 8.08. The smallest absolute Gasteiger partial charge is 0.158 e. The minimum Gasteiger partial charge on any atom is -0.377 e. The van der Waals surface area contributed by atoms with E-state index in [0.717, 1.165) is 18.7 Å². The van der Waals surface area contributed by atoms with E-state index in [0.29, 0.717) is 23.6 Å². The first-order valence-electron chi connectivity index (χ1n) is 5.83. The summed E-state index contributed by atoms with van der Waals surface area (Å²) < 4.78 is 5.02. The van der Waals surface area contributed by atoms with Gasteiger partial charge in [0.15, 0.2) is 5.82 Å². The van der Waals surface area contributed by atoms with Crippen LogP contribution in [0.15, 0.2) is 6.07 Å². The van der Waals surface area contributed by atoms with Crippen molar-refractivity contribution in [3.63, 3.8) is 0 Å². The fourth-order valence-electron chi connectivity index (χ4n) is 1.66. The van der Waals surface area contributed by atoms with Crippen LogP contribution in [0.25, 0.3) is 0 Å². The number of hydrogen-bond acceptors (Lipinski definition) is 4. The zero-order chi connectivity index (χ0) is 12.8. The highest BCUT2D eigenvalue weighted by atomic mass is 35.5. The summed E-state index contributed by atoms with van der Waals surface area (Å²) in [7, 11) is 3.64. The molecule has 0 saturated carbocycles. The molecule has 0 aromatic carbocycles. The van der Waals surface area contributed by atoms with Crippen LogP contribution in [0.4, 0.5) is 5.82 Å². The third-order valence-corrected chi connectivity index (χ3v) is 2.92. The number of aromatic nitrogens is 2. The number of anilines is 1. The molecule has 5 heteroatoms. The summed E-state index contributed by atoms with van der Waals surface area (Å²) in [4.78, 5) is 10.7. The fraction of sp³-hybridized carbons (Fsp3) is 0.667. The van der Waals surface area contributed by atoms with Crippen molar-refractivity contribution in [3.05, 3.63) is 17.0 Å². The standard InChI is InChI=1S/C12H20ClN3O/c1-5-6-9(2)16(3)12-7-10(13)14-11(15-12)8-17-4/h7,9H,5-6,8H2,1-4H3. The van der Waals surface area contributed by atoms with Crippen molar-refractivity contribution >= 4 is 17.4 Å². The van der Waals surface area contributed by atoms with Crippen LogP contribution in [0, 0.1) is 0 Å². The van der Waals surface area contributed by atoms with E-state index in [-0.39, 0.29) is 0 Å². The second kappa shape index (κ2) is 6.77. The average molecular weight is 258 g/mol. The molecule has 0 saturated heterocycles. The Kier molecular flexibility index (Phi) is 5.65. The van der Waals surface area contributed by atoms with Gasteiger partial charge in [-0.15, -0.1) is 0 Å². The van der Waals surface area contributed by atoms with Crippen LogP contribution < -0.4 is 4.90 Å². The van der Waals surface area contributed by atoms with Gasteiger partial charge in [0.25, 0.3) is 0 Å². The highest BCUT2D eigenvalue weighted by molar-refractivity contribution is 6.29. The van der Waals surface area contributed by atoms with Gasteiger partial charge in [0.2, 0.25) is 0 Å². The van der Waals surface area contributed by atoms with Crippen LogP contribution >= 0.6 is 11.6 Å². The van der Waals surface area contributed by atoms with Crippen molar-refractivity contribution in [1.82, 2.24) is 9.97 Å². The highest BCUT2D eigenvalue weighted by Crippen LogP contribution is 2.18. The lowest BCUT2D eigenvalue weighted by Gasteiger charge is -2.26. The summed E-state index contributed by atoms with van der Waals surface area (Å²) in [6.45, 7) is 4.73. The summed E-state index contributed by atoms with van der Waals surface area (Å²) in [5, 5.41) is 0.456. The lowest BCUT2D eigenvalue weighted by Crippen LogP contribution is -2.29. The van der Waals surface area contributed by atoms with E-state index < -0.39 is 0 Å². The first kappa shape index (κ1) is 14.2. The lowest BCUT2D eigenvalue weighted by molar-refractivity contribution is 0.178. The third-order valence-electron chi connectivity index (χ3n) is 2.73. The summed E-state index contributed by atoms with van der Waals surface area (Å²) in [6, 6.07) is 2.22. The molecule has 0 fully saturated rings. The predicted octanol–water partition coefficient (Wildman–Crippen LogP) is 2.90. The Balaban J connectivity index is 2.88. The van der Waals surface area contributed by atoms with E-state index >= 15 is 0 Å². The molecule has 1 rings (SSSR count). The molecule has 1 aromatic rings. The van der Waals surface area contributed by atoms with Gasteiger partial charge in [0.05, 0.1) is 0 Å². The number of hydrogen-bond donors (Lipinski definition) is 0. The summed E-state index contributed by atoms with van der Waals surface area (Å²) in [5.74, 6) is 1.46. The zero-order valence-electron chi connectivity index (χ0n) is 10.9. The molecule has 0 aliphatic rings. The van der Waals surface area contributed by atoms with Crippen LogP contribution in [0.5, 0.6) is 0 Å². The number of methoxy groups -OCH3 is 1. The summed E-state index contributed by atoms with van der Waals surface area (Å²) >= 11 is 5.98. The van der Waals surface area contributed by atoms with Gasteiger partial charge in [-0.05, 0) is 13.3 Å². The van der Waals surface area contributed by atoms with Gasteiger partial charge in [-0.2, -0.15) is 0 Å². The minimum atomic E-state index is 0.379. The van der Waals surface area contributed by atoms with Crippen LogP contribution in [-0.4, -0.2) is 30.2 Å². The SMILES string of the molecule is CCCC(C)N(C)c1cc(Cl)nc(COC)n1. The number of halogens is 1. The quantitative estimate of drug-likeness (QED) is 0.735. The Morgan fingerprint density at radius 1 is 1.47 bits per heavy atom. The highest BCUT2D eigenvalue weighted by Gasteiger charge is 2.12. The Hall–Kier alpha value is -0.870. The van der Waals surface area contributed by atoms with E-state index in [1.54, 1.807) is 13.2 Å². The maximum absolute atomic E-state index is 5.98. The van der Waals surface area contributed by atoms with E-state index in [4.69, 9.17) is 16.3 Å². The van der Waals surface area contributed by atoms with Gasteiger partial charge in [-0.3, -0.25) is 0 Å². The van der Waals surface area contributed by atoms with E-state index in [9.17, 15) is 0 Å². The van der Waals surface area contributed by atoms with Crippen LogP contribution in [-0.2, 0) is 11.3 Å². The van der Waals surface area contributed by atoms with Crippen LogP contribution in [0.1, 0.15) is 32.5 Å². The molecule has 1 atom stereocenters. The molecular formula is C12H20ClN3O. The maximum atomic E-state index is 5.98. The Morgan fingerprint density at radius 3 is 2.76 bits per heavy atom. The van der Waals surface area contributed by atoms with Crippen LogP contribution in [0.2, 0.25) is 5.15 Å². The second-order valence-electron chi connectivity index (χ2n) is 4.15. The molecule has 0 amide bonds. The molecule has 0 radical (unpaired) electrons.